The molecule has 6 heteroatoms. The van der Waals surface area contributed by atoms with E-state index in [4.69, 9.17) is 4.42 Å². The molecule has 0 aliphatic carbocycles. The van der Waals surface area contributed by atoms with Crippen molar-refractivity contribution in [3.05, 3.63) is 29.5 Å². The fourth-order valence-corrected chi connectivity index (χ4v) is 2.08. The van der Waals surface area contributed by atoms with Crippen molar-refractivity contribution in [2.45, 2.75) is 0 Å². The Morgan fingerprint density at radius 2 is 2.41 bits per heavy atom. The fourth-order valence-electron chi connectivity index (χ4n) is 1.28. The van der Waals surface area contributed by atoms with E-state index in [1.807, 2.05) is 13.1 Å². The van der Waals surface area contributed by atoms with Crippen LogP contribution < -0.4 is 10.6 Å². The Kier molecular flexibility index (Phi) is 3.89. The van der Waals surface area contributed by atoms with Crippen molar-refractivity contribution in [1.29, 1.82) is 0 Å². The Labute approximate surface area is 103 Å². The van der Waals surface area contributed by atoms with E-state index in [9.17, 15) is 4.79 Å². The first-order valence-electron chi connectivity index (χ1n) is 5.24. The molecule has 0 spiro atoms. The lowest BCUT2D eigenvalue weighted by atomic mass is 10.4. The highest BCUT2D eigenvalue weighted by Gasteiger charge is 2.12. The molecule has 5 nitrogen and oxygen atoms in total. The molecule has 0 atom stereocenters. The summed E-state index contributed by atoms with van der Waals surface area (Å²) in [4.78, 5) is 16.4. The molecule has 2 N–H and O–H groups in total. The molecular weight excluding hydrogens is 238 g/mol. The van der Waals surface area contributed by atoms with E-state index in [0.717, 1.165) is 6.54 Å². The Balaban J connectivity index is 2.01. The molecule has 0 unspecified atom stereocenters. The molecule has 2 aromatic rings. The van der Waals surface area contributed by atoms with Crippen LogP contribution in [0, 0.1) is 0 Å². The normalized spacial score (nSPS) is 10.4. The van der Waals surface area contributed by atoms with Gasteiger partial charge in [0.25, 0.3) is 5.91 Å². The molecule has 0 fully saturated rings. The number of hydrogen-bond donors (Lipinski definition) is 2. The van der Waals surface area contributed by atoms with Gasteiger partial charge in [-0.05, 0) is 19.2 Å². The van der Waals surface area contributed by atoms with Crippen LogP contribution in [0.4, 0.5) is 0 Å². The van der Waals surface area contributed by atoms with Gasteiger partial charge in [-0.2, -0.15) is 0 Å². The smallest absolute Gasteiger partial charge is 0.263 e. The minimum Gasteiger partial charge on any atom is -0.462 e. The third kappa shape index (κ3) is 2.92. The Bertz CT molecular complexity index is 479. The van der Waals surface area contributed by atoms with Crippen LogP contribution in [-0.2, 0) is 0 Å². The summed E-state index contributed by atoms with van der Waals surface area (Å²) in [6.07, 6.45) is 3.15. The minimum atomic E-state index is -0.101. The molecule has 0 saturated heterocycles. The van der Waals surface area contributed by atoms with Crippen LogP contribution in [0.1, 0.15) is 9.67 Å². The zero-order valence-electron chi connectivity index (χ0n) is 9.40. The predicted octanol–water partition coefficient (Wildman–Crippen LogP) is 1.35. The first-order valence-corrected chi connectivity index (χ1v) is 6.05. The summed E-state index contributed by atoms with van der Waals surface area (Å²) in [5.41, 5.74) is 0. The van der Waals surface area contributed by atoms with Gasteiger partial charge < -0.3 is 15.1 Å². The van der Waals surface area contributed by atoms with Crippen LogP contribution in [0.3, 0.4) is 0 Å². The second kappa shape index (κ2) is 5.60. The number of thiazole rings is 1. The highest BCUT2D eigenvalue weighted by Crippen LogP contribution is 2.25. The van der Waals surface area contributed by atoms with Crippen molar-refractivity contribution in [3.63, 3.8) is 0 Å². The quantitative estimate of drug-likeness (QED) is 0.787. The lowest BCUT2D eigenvalue weighted by Gasteiger charge is -2.01. The monoisotopic (exact) mass is 251 g/mol. The van der Waals surface area contributed by atoms with Crippen molar-refractivity contribution < 1.29 is 9.21 Å². The van der Waals surface area contributed by atoms with Gasteiger partial charge in [0.1, 0.15) is 4.88 Å². The van der Waals surface area contributed by atoms with E-state index in [0.29, 0.717) is 22.2 Å². The number of nitrogens with one attached hydrogen (secondary N) is 2. The molecule has 2 heterocycles. The maximum atomic E-state index is 11.7. The second-order valence-corrected chi connectivity index (χ2v) is 4.40. The van der Waals surface area contributed by atoms with E-state index in [1.54, 1.807) is 18.5 Å². The largest absolute Gasteiger partial charge is 0.462 e. The average Bonchev–Trinajstić information content (AvgIpc) is 3.00. The molecular formula is C11H13N3O2S. The number of likely N-dealkylation sites (N-methyl/N-ethyl adjacent to an activating group) is 1. The van der Waals surface area contributed by atoms with Crippen LogP contribution in [-0.4, -0.2) is 31.0 Å². The molecule has 2 rings (SSSR count). The van der Waals surface area contributed by atoms with E-state index in [1.165, 1.54) is 11.3 Å². The number of nitrogens with zero attached hydrogens (tertiary/aromatic N) is 1. The minimum absolute atomic E-state index is 0.101. The zero-order chi connectivity index (χ0) is 12.1. The summed E-state index contributed by atoms with van der Waals surface area (Å²) in [6, 6.07) is 3.62. The standard InChI is InChI=1S/C11H13N3O2S/c1-12-4-5-13-10(15)9-7-14-11(17-9)8-3-2-6-16-8/h2-3,6-7,12H,4-5H2,1H3,(H,13,15). The van der Waals surface area contributed by atoms with E-state index in [2.05, 4.69) is 15.6 Å². The first kappa shape index (κ1) is 11.8. The van der Waals surface area contributed by atoms with Gasteiger partial charge in [-0.25, -0.2) is 4.98 Å². The first-order chi connectivity index (χ1) is 8.31. The topological polar surface area (TPSA) is 67.2 Å². The molecule has 0 saturated carbocycles. The summed E-state index contributed by atoms with van der Waals surface area (Å²) in [7, 11) is 1.84. The van der Waals surface area contributed by atoms with Gasteiger partial charge in [-0.1, -0.05) is 0 Å². The maximum absolute atomic E-state index is 11.7. The number of aromatic nitrogens is 1. The van der Waals surface area contributed by atoms with E-state index < -0.39 is 0 Å². The predicted molar refractivity (Wildman–Crippen MR) is 66.1 cm³/mol. The number of rotatable bonds is 5. The Morgan fingerprint density at radius 3 is 3.12 bits per heavy atom. The third-order valence-electron chi connectivity index (χ3n) is 2.12. The number of hydrogen-bond acceptors (Lipinski definition) is 5. The molecule has 90 valence electrons. The molecule has 0 aromatic carbocycles. The summed E-state index contributed by atoms with van der Waals surface area (Å²) in [6.45, 7) is 1.35. The van der Waals surface area contributed by atoms with Crippen LogP contribution in [0.15, 0.2) is 29.0 Å². The number of carbonyl (C=O) groups excluding carboxylic acids is 1. The van der Waals surface area contributed by atoms with Gasteiger partial charge in [0.05, 0.1) is 12.5 Å². The van der Waals surface area contributed by atoms with Gasteiger partial charge in [0, 0.05) is 13.1 Å². The van der Waals surface area contributed by atoms with Crippen LogP contribution in [0.25, 0.3) is 10.8 Å². The number of carbonyl (C=O) groups is 1. The average molecular weight is 251 g/mol. The number of amides is 1. The molecule has 17 heavy (non-hydrogen) atoms. The van der Waals surface area contributed by atoms with Crippen molar-refractivity contribution in [2.24, 2.45) is 0 Å². The zero-order valence-corrected chi connectivity index (χ0v) is 10.2. The Hall–Kier alpha value is -1.66. The third-order valence-corrected chi connectivity index (χ3v) is 3.13. The summed E-state index contributed by atoms with van der Waals surface area (Å²) in [5, 5.41) is 6.47. The molecule has 0 radical (unpaired) electrons. The summed E-state index contributed by atoms with van der Waals surface area (Å²) < 4.78 is 5.22. The van der Waals surface area contributed by atoms with Crippen molar-refractivity contribution in [2.75, 3.05) is 20.1 Å². The van der Waals surface area contributed by atoms with Gasteiger partial charge >= 0.3 is 0 Å². The molecule has 0 bridgehead atoms. The molecule has 0 aliphatic heterocycles. The van der Waals surface area contributed by atoms with Gasteiger partial charge in [-0.3, -0.25) is 4.79 Å². The van der Waals surface area contributed by atoms with Crippen molar-refractivity contribution in [1.82, 2.24) is 15.6 Å². The van der Waals surface area contributed by atoms with Crippen LogP contribution >= 0.6 is 11.3 Å². The molecule has 1 amide bonds. The molecule has 0 aliphatic rings. The van der Waals surface area contributed by atoms with E-state index in [-0.39, 0.29) is 5.91 Å². The SMILES string of the molecule is CNCCNC(=O)c1cnc(-c2ccco2)s1. The van der Waals surface area contributed by atoms with Crippen molar-refractivity contribution >= 4 is 17.2 Å². The lowest BCUT2D eigenvalue weighted by Crippen LogP contribution is -2.29. The highest BCUT2D eigenvalue weighted by molar-refractivity contribution is 7.16. The lowest BCUT2D eigenvalue weighted by molar-refractivity contribution is 0.0958. The van der Waals surface area contributed by atoms with Crippen molar-refractivity contribution in [3.8, 4) is 10.8 Å². The number of furan rings is 1. The Morgan fingerprint density at radius 1 is 1.53 bits per heavy atom. The van der Waals surface area contributed by atoms with Gasteiger partial charge in [-0.15, -0.1) is 11.3 Å². The van der Waals surface area contributed by atoms with Gasteiger partial charge in [0.2, 0.25) is 0 Å². The molecule has 2 aromatic heterocycles. The maximum Gasteiger partial charge on any atom is 0.263 e. The summed E-state index contributed by atoms with van der Waals surface area (Å²) in [5.74, 6) is 0.583. The van der Waals surface area contributed by atoms with E-state index >= 15 is 0 Å². The highest BCUT2D eigenvalue weighted by atomic mass is 32.1. The van der Waals surface area contributed by atoms with Crippen LogP contribution in [0.2, 0.25) is 0 Å². The fraction of sp³-hybridized carbons (Fsp3) is 0.273. The van der Waals surface area contributed by atoms with Crippen LogP contribution in [0.5, 0.6) is 0 Å². The van der Waals surface area contributed by atoms with Gasteiger partial charge in [0.15, 0.2) is 10.8 Å². The second-order valence-electron chi connectivity index (χ2n) is 3.37. The summed E-state index contributed by atoms with van der Waals surface area (Å²) >= 11 is 1.32.